The molecule has 3 rings (SSSR count). The number of oxazole rings is 1. The van der Waals surface area contributed by atoms with E-state index >= 15 is 0 Å². The van der Waals surface area contributed by atoms with E-state index in [1.54, 1.807) is 29.4 Å². The van der Waals surface area contributed by atoms with Crippen LogP contribution in [0.4, 0.5) is 21.8 Å². The predicted molar refractivity (Wildman–Crippen MR) is 86.4 cm³/mol. The van der Waals surface area contributed by atoms with Crippen molar-refractivity contribution in [2.75, 3.05) is 17.2 Å². The fraction of sp³-hybridized carbons (Fsp3) is 0.188. The maximum absolute atomic E-state index is 13.6. The molecule has 0 radical (unpaired) electrons. The largest absolute Gasteiger partial charge is 0.492 e. The first-order valence-electron chi connectivity index (χ1n) is 7.33. The zero-order valence-electron chi connectivity index (χ0n) is 13.0. The Hall–Kier alpha value is -3.16. The van der Waals surface area contributed by atoms with Crippen molar-refractivity contribution in [1.82, 2.24) is 15.0 Å². The van der Waals surface area contributed by atoms with E-state index in [1.165, 1.54) is 18.5 Å². The standard InChI is InChI=1S/C16H16FN5O2/c1-2-23-14-7-11(17)3-4-13(14)22(9-12-8-19-10-24-12)15-5-6-20-16(18)21-15/h3-8,10H,2,9H2,1H3,(H2,18,20,21). The van der Waals surface area contributed by atoms with Gasteiger partial charge in [-0.2, -0.15) is 4.98 Å². The lowest BCUT2D eigenvalue weighted by atomic mass is 10.2. The van der Waals surface area contributed by atoms with Crippen LogP contribution in [-0.2, 0) is 6.54 Å². The van der Waals surface area contributed by atoms with Crippen LogP contribution in [0.3, 0.4) is 0 Å². The summed E-state index contributed by atoms with van der Waals surface area (Å²) in [5.74, 6) is 1.29. The number of nitrogen functional groups attached to an aromatic ring is 1. The van der Waals surface area contributed by atoms with Gasteiger partial charge in [-0.15, -0.1) is 0 Å². The molecule has 0 amide bonds. The van der Waals surface area contributed by atoms with Gasteiger partial charge in [0.2, 0.25) is 5.95 Å². The molecule has 24 heavy (non-hydrogen) atoms. The second-order valence-electron chi connectivity index (χ2n) is 4.87. The van der Waals surface area contributed by atoms with Gasteiger partial charge in [-0.05, 0) is 25.1 Å². The van der Waals surface area contributed by atoms with Gasteiger partial charge in [-0.25, -0.2) is 14.4 Å². The van der Waals surface area contributed by atoms with Crippen LogP contribution in [0.25, 0.3) is 0 Å². The van der Waals surface area contributed by atoms with E-state index in [-0.39, 0.29) is 11.8 Å². The SMILES string of the molecule is CCOc1cc(F)ccc1N(Cc1cnco1)c1ccnc(N)n1. The normalized spacial score (nSPS) is 10.6. The number of benzene rings is 1. The Labute approximate surface area is 137 Å². The Kier molecular flexibility index (Phi) is 4.55. The molecule has 0 atom stereocenters. The van der Waals surface area contributed by atoms with Gasteiger partial charge in [-0.1, -0.05) is 0 Å². The Balaban J connectivity index is 2.07. The minimum absolute atomic E-state index is 0.134. The van der Waals surface area contributed by atoms with Crippen LogP contribution in [0.15, 0.2) is 47.5 Å². The number of nitrogens with two attached hydrogens (primary N) is 1. The molecular formula is C16H16FN5O2. The monoisotopic (exact) mass is 329 g/mol. The molecule has 0 aliphatic carbocycles. The molecule has 0 unspecified atom stereocenters. The number of aromatic nitrogens is 3. The van der Waals surface area contributed by atoms with Crippen LogP contribution in [0, 0.1) is 5.82 Å². The summed E-state index contributed by atoms with van der Waals surface area (Å²) in [4.78, 5) is 13.8. The van der Waals surface area contributed by atoms with Gasteiger partial charge in [0.15, 0.2) is 6.39 Å². The lowest BCUT2D eigenvalue weighted by Gasteiger charge is -2.25. The molecular weight excluding hydrogens is 313 g/mol. The Morgan fingerprint density at radius 3 is 2.92 bits per heavy atom. The van der Waals surface area contributed by atoms with E-state index in [2.05, 4.69) is 15.0 Å². The molecule has 1 aromatic carbocycles. The number of halogens is 1. The first-order valence-corrected chi connectivity index (χ1v) is 7.33. The number of hydrogen-bond donors (Lipinski definition) is 1. The van der Waals surface area contributed by atoms with Crippen molar-refractivity contribution in [3.63, 3.8) is 0 Å². The van der Waals surface area contributed by atoms with Gasteiger partial charge < -0.3 is 19.8 Å². The third kappa shape index (κ3) is 3.43. The molecule has 0 aliphatic heterocycles. The summed E-state index contributed by atoms with van der Waals surface area (Å²) in [6.45, 7) is 2.55. The summed E-state index contributed by atoms with van der Waals surface area (Å²) < 4.78 is 24.5. The van der Waals surface area contributed by atoms with Crippen LogP contribution in [-0.4, -0.2) is 21.6 Å². The Morgan fingerprint density at radius 2 is 2.21 bits per heavy atom. The smallest absolute Gasteiger partial charge is 0.221 e. The molecule has 3 aromatic rings. The topological polar surface area (TPSA) is 90.3 Å². The average Bonchev–Trinajstić information content (AvgIpc) is 3.07. The van der Waals surface area contributed by atoms with E-state index in [0.717, 1.165) is 0 Å². The van der Waals surface area contributed by atoms with Gasteiger partial charge in [0.25, 0.3) is 0 Å². The minimum atomic E-state index is -0.385. The lowest BCUT2D eigenvalue weighted by Crippen LogP contribution is -2.19. The van der Waals surface area contributed by atoms with E-state index < -0.39 is 0 Å². The molecule has 0 aliphatic rings. The van der Waals surface area contributed by atoms with Gasteiger partial charge in [0.05, 0.1) is 25.0 Å². The number of rotatable bonds is 6. The van der Waals surface area contributed by atoms with Crippen molar-refractivity contribution in [1.29, 1.82) is 0 Å². The van der Waals surface area contributed by atoms with Crippen LogP contribution in [0.5, 0.6) is 5.75 Å². The molecule has 2 heterocycles. The molecule has 0 bridgehead atoms. The van der Waals surface area contributed by atoms with Crippen molar-refractivity contribution < 1.29 is 13.5 Å². The van der Waals surface area contributed by atoms with Crippen LogP contribution in [0.2, 0.25) is 0 Å². The summed E-state index contributed by atoms with van der Waals surface area (Å²) >= 11 is 0. The third-order valence-corrected chi connectivity index (χ3v) is 3.25. The highest BCUT2D eigenvalue weighted by atomic mass is 19.1. The lowest BCUT2D eigenvalue weighted by molar-refractivity contribution is 0.338. The van der Waals surface area contributed by atoms with Crippen molar-refractivity contribution in [3.8, 4) is 5.75 Å². The number of nitrogens with zero attached hydrogens (tertiary/aromatic N) is 4. The van der Waals surface area contributed by atoms with Crippen molar-refractivity contribution >= 4 is 17.5 Å². The highest BCUT2D eigenvalue weighted by Crippen LogP contribution is 2.35. The minimum Gasteiger partial charge on any atom is -0.492 e. The first-order chi connectivity index (χ1) is 11.7. The molecule has 0 saturated heterocycles. The highest BCUT2D eigenvalue weighted by Gasteiger charge is 2.19. The number of ether oxygens (including phenoxy) is 1. The van der Waals surface area contributed by atoms with Crippen molar-refractivity contribution in [2.24, 2.45) is 0 Å². The molecule has 0 saturated carbocycles. The summed E-state index contributed by atoms with van der Waals surface area (Å²) in [5, 5.41) is 0. The molecule has 124 valence electrons. The van der Waals surface area contributed by atoms with E-state index in [4.69, 9.17) is 14.9 Å². The van der Waals surface area contributed by atoms with E-state index in [0.29, 0.717) is 36.2 Å². The molecule has 7 nitrogen and oxygen atoms in total. The van der Waals surface area contributed by atoms with Gasteiger partial charge in [-0.3, -0.25) is 0 Å². The van der Waals surface area contributed by atoms with Crippen molar-refractivity contribution in [3.05, 3.63) is 54.6 Å². The maximum Gasteiger partial charge on any atom is 0.221 e. The fourth-order valence-corrected chi connectivity index (χ4v) is 2.26. The predicted octanol–water partition coefficient (Wildman–Crippen LogP) is 2.92. The Morgan fingerprint density at radius 1 is 1.33 bits per heavy atom. The van der Waals surface area contributed by atoms with E-state index in [9.17, 15) is 4.39 Å². The molecule has 2 N–H and O–H groups in total. The number of anilines is 3. The molecule has 0 spiro atoms. The van der Waals surface area contributed by atoms with Gasteiger partial charge in [0, 0.05) is 12.3 Å². The Bertz CT molecular complexity index is 810. The summed E-state index contributed by atoms with van der Waals surface area (Å²) in [6, 6.07) is 6.01. The van der Waals surface area contributed by atoms with Crippen LogP contribution >= 0.6 is 0 Å². The van der Waals surface area contributed by atoms with Crippen molar-refractivity contribution in [2.45, 2.75) is 13.5 Å². The van der Waals surface area contributed by atoms with E-state index in [1.807, 2.05) is 6.92 Å². The molecule has 8 heteroatoms. The second-order valence-corrected chi connectivity index (χ2v) is 4.87. The average molecular weight is 329 g/mol. The van der Waals surface area contributed by atoms with Gasteiger partial charge >= 0.3 is 0 Å². The van der Waals surface area contributed by atoms with Crippen LogP contribution in [0.1, 0.15) is 12.7 Å². The number of hydrogen-bond acceptors (Lipinski definition) is 7. The van der Waals surface area contributed by atoms with Gasteiger partial charge in [0.1, 0.15) is 23.1 Å². The molecule has 2 aromatic heterocycles. The third-order valence-electron chi connectivity index (χ3n) is 3.25. The fourth-order valence-electron chi connectivity index (χ4n) is 2.26. The zero-order chi connectivity index (χ0) is 16.9. The quantitative estimate of drug-likeness (QED) is 0.743. The molecule has 0 fully saturated rings. The summed E-state index contributed by atoms with van der Waals surface area (Å²) in [6.07, 6.45) is 4.49. The second kappa shape index (κ2) is 6.95. The van der Waals surface area contributed by atoms with Crippen LogP contribution < -0.4 is 15.4 Å². The zero-order valence-corrected chi connectivity index (χ0v) is 13.0. The summed E-state index contributed by atoms with van der Waals surface area (Å²) in [7, 11) is 0. The highest BCUT2D eigenvalue weighted by molar-refractivity contribution is 5.67. The maximum atomic E-state index is 13.6. The first kappa shape index (κ1) is 15.7. The summed E-state index contributed by atoms with van der Waals surface area (Å²) in [5.41, 5.74) is 6.32.